The van der Waals surface area contributed by atoms with Gasteiger partial charge in [0.1, 0.15) is 9.77 Å². The third-order valence-corrected chi connectivity index (χ3v) is 7.14. The standard InChI is InChI=1S/C16H20N2O4S2/c1-10-9-17-8-7-12(10)18-24(20,21)15-11-5-3-4-6-13(11)23-14(15)16(19)22-2/h3-6,10,12,17-18H,7-9H2,1-2H3. The van der Waals surface area contributed by atoms with Gasteiger partial charge in [-0.25, -0.2) is 17.9 Å². The van der Waals surface area contributed by atoms with Crippen LogP contribution in [0.25, 0.3) is 10.1 Å². The number of hydrogen-bond acceptors (Lipinski definition) is 6. The van der Waals surface area contributed by atoms with Gasteiger partial charge in [-0.05, 0) is 31.5 Å². The molecule has 24 heavy (non-hydrogen) atoms. The van der Waals surface area contributed by atoms with Crippen LogP contribution >= 0.6 is 11.3 Å². The second-order valence-electron chi connectivity index (χ2n) is 5.95. The lowest BCUT2D eigenvalue weighted by molar-refractivity contribution is 0.0602. The highest BCUT2D eigenvalue weighted by Crippen LogP contribution is 2.35. The van der Waals surface area contributed by atoms with Gasteiger partial charge in [-0.2, -0.15) is 0 Å². The molecule has 0 amide bonds. The van der Waals surface area contributed by atoms with E-state index in [0.717, 1.165) is 35.5 Å². The highest BCUT2D eigenvalue weighted by atomic mass is 32.2. The van der Waals surface area contributed by atoms with Crippen LogP contribution in [0.2, 0.25) is 0 Å². The van der Waals surface area contributed by atoms with Gasteiger partial charge in [-0.3, -0.25) is 0 Å². The molecular formula is C16H20N2O4S2. The molecule has 8 heteroatoms. The molecular weight excluding hydrogens is 348 g/mol. The number of nitrogens with one attached hydrogen (secondary N) is 2. The quantitative estimate of drug-likeness (QED) is 0.806. The Morgan fingerprint density at radius 1 is 1.38 bits per heavy atom. The van der Waals surface area contributed by atoms with Gasteiger partial charge < -0.3 is 10.1 Å². The Balaban J connectivity index is 2.07. The van der Waals surface area contributed by atoms with Crippen LogP contribution in [0.1, 0.15) is 23.0 Å². The van der Waals surface area contributed by atoms with Crippen LogP contribution in [0.5, 0.6) is 0 Å². The average Bonchev–Trinajstić information content (AvgIpc) is 2.96. The van der Waals surface area contributed by atoms with Gasteiger partial charge in [0.2, 0.25) is 10.0 Å². The Morgan fingerprint density at radius 3 is 2.83 bits per heavy atom. The van der Waals surface area contributed by atoms with Crippen molar-refractivity contribution in [2.24, 2.45) is 5.92 Å². The number of esters is 1. The van der Waals surface area contributed by atoms with E-state index in [2.05, 4.69) is 10.0 Å². The molecule has 2 heterocycles. The first-order valence-electron chi connectivity index (χ1n) is 7.77. The zero-order valence-electron chi connectivity index (χ0n) is 13.5. The van der Waals surface area contributed by atoms with Crippen LogP contribution < -0.4 is 10.0 Å². The van der Waals surface area contributed by atoms with Crippen molar-refractivity contribution in [2.45, 2.75) is 24.3 Å². The van der Waals surface area contributed by atoms with Crippen molar-refractivity contribution in [1.29, 1.82) is 0 Å². The van der Waals surface area contributed by atoms with Crippen molar-refractivity contribution in [1.82, 2.24) is 10.0 Å². The van der Waals surface area contributed by atoms with E-state index in [0.29, 0.717) is 5.39 Å². The summed E-state index contributed by atoms with van der Waals surface area (Å²) in [5, 5.41) is 3.80. The van der Waals surface area contributed by atoms with Gasteiger partial charge in [0.05, 0.1) is 7.11 Å². The lowest BCUT2D eigenvalue weighted by Crippen LogP contribution is -2.48. The molecule has 1 saturated heterocycles. The Labute approximate surface area is 145 Å². The molecule has 1 aliphatic heterocycles. The maximum Gasteiger partial charge on any atom is 0.349 e. The fraction of sp³-hybridized carbons (Fsp3) is 0.438. The smallest absolute Gasteiger partial charge is 0.349 e. The summed E-state index contributed by atoms with van der Waals surface area (Å²) in [6.45, 7) is 3.54. The summed E-state index contributed by atoms with van der Waals surface area (Å²) in [7, 11) is -2.57. The van der Waals surface area contributed by atoms with Crippen LogP contribution in [0.3, 0.4) is 0 Å². The number of piperidine rings is 1. The Hall–Kier alpha value is -1.48. The van der Waals surface area contributed by atoms with Crippen molar-refractivity contribution in [2.75, 3.05) is 20.2 Å². The molecule has 1 aliphatic rings. The zero-order chi connectivity index (χ0) is 17.3. The third-order valence-electron chi connectivity index (χ3n) is 4.28. The number of methoxy groups -OCH3 is 1. The van der Waals surface area contributed by atoms with Crippen molar-refractivity contribution < 1.29 is 17.9 Å². The highest BCUT2D eigenvalue weighted by molar-refractivity contribution is 7.90. The Kier molecular flexibility index (Phi) is 4.91. The Bertz CT molecular complexity index is 860. The van der Waals surface area contributed by atoms with Crippen molar-refractivity contribution in [3.63, 3.8) is 0 Å². The summed E-state index contributed by atoms with van der Waals surface area (Å²) in [6.07, 6.45) is 0.718. The second kappa shape index (κ2) is 6.79. The minimum atomic E-state index is -3.83. The highest BCUT2D eigenvalue weighted by Gasteiger charge is 2.32. The van der Waals surface area contributed by atoms with E-state index in [1.54, 1.807) is 18.2 Å². The lowest BCUT2D eigenvalue weighted by atomic mass is 9.97. The van der Waals surface area contributed by atoms with Crippen molar-refractivity contribution in [3.05, 3.63) is 29.1 Å². The lowest BCUT2D eigenvalue weighted by Gasteiger charge is -2.30. The summed E-state index contributed by atoms with van der Waals surface area (Å²) in [4.78, 5) is 12.2. The SMILES string of the molecule is COC(=O)c1sc2ccccc2c1S(=O)(=O)NC1CCNCC1C. The number of benzene rings is 1. The third kappa shape index (κ3) is 3.19. The molecule has 130 valence electrons. The summed E-state index contributed by atoms with van der Waals surface area (Å²) in [5.41, 5.74) is 0. The minimum absolute atomic E-state index is 0.0284. The molecule has 1 fully saturated rings. The maximum atomic E-state index is 13.0. The molecule has 6 nitrogen and oxygen atoms in total. The van der Waals surface area contributed by atoms with Gasteiger partial charge in [0.15, 0.2) is 0 Å². The molecule has 2 atom stereocenters. The first kappa shape index (κ1) is 17.3. The average molecular weight is 368 g/mol. The van der Waals surface area contributed by atoms with Crippen molar-refractivity contribution >= 4 is 37.4 Å². The molecule has 1 aromatic carbocycles. The second-order valence-corrected chi connectivity index (χ2v) is 8.65. The van der Waals surface area contributed by atoms with E-state index in [9.17, 15) is 13.2 Å². The summed E-state index contributed by atoms with van der Waals surface area (Å²) < 4.78 is 34.4. The van der Waals surface area contributed by atoms with Gasteiger partial charge in [0.25, 0.3) is 0 Å². The predicted octanol–water partition coefficient (Wildman–Crippen LogP) is 1.96. The number of thiophene rings is 1. The van der Waals surface area contributed by atoms with Crippen molar-refractivity contribution in [3.8, 4) is 0 Å². The van der Waals surface area contributed by atoms with Gasteiger partial charge in [-0.1, -0.05) is 25.1 Å². The predicted molar refractivity (Wildman–Crippen MR) is 93.9 cm³/mol. The van der Waals surface area contributed by atoms with E-state index in [1.165, 1.54) is 7.11 Å². The topological polar surface area (TPSA) is 84.5 Å². The molecule has 2 unspecified atom stereocenters. The summed E-state index contributed by atoms with van der Waals surface area (Å²) in [5.74, 6) is -0.449. The molecule has 2 aromatic rings. The number of hydrogen-bond donors (Lipinski definition) is 2. The molecule has 2 N–H and O–H groups in total. The number of sulfonamides is 1. The first-order valence-corrected chi connectivity index (χ1v) is 10.1. The van der Waals surface area contributed by atoms with E-state index in [1.807, 2.05) is 13.0 Å². The van der Waals surface area contributed by atoms with E-state index >= 15 is 0 Å². The zero-order valence-corrected chi connectivity index (χ0v) is 15.2. The van der Waals surface area contributed by atoms with Gasteiger partial charge >= 0.3 is 5.97 Å². The summed E-state index contributed by atoms with van der Waals surface area (Å²) in [6, 6.07) is 6.96. The fourth-order valence-electron chi connectivity index (χ4n) is 2.96. The number of rotatable bonds is 4. The van der Waals surface area contributed by atoms with E-state index < -0.39 is 16.0 Å². The van der Waals surface area contributed by atoms with Crippen LogP contribution in [0, 0.1) is 5.92 Å². The molecule has 0 saturated carbocycles. The normalized spacial score (nSPS) is 21.8. The Morgan fingerprint density at radius 2 is 2.12 bits per heavy atom. The largest absolute Gasteiger partial charge is 0.465 e. The number of fused-ring (bicyclic) bond motifs is 1. The number of carbonyl (C=O) groups excluding carboxylic acids is 1. The van der Waals surface area contributed by atoms with E-state index in [-0.39, 0.29) is 21.7 Å². The molecule has 0 radical (unpaired) electrons. The van der Waals surface area contributed by atoms with Crippen LogP contribution in [-0.4, -0.2) is 40.6 Å². The van der Waals surface area contributed by atoms with Crippen LogP contribution in [0.15, 0.2) is 29.2 Å². The number of ether oxygens (including phenoxy) is 1. The van der Waals surface area contributed by atoms with Crippen LogP contribution in [-0.2, 0) is 14.8 Å². The van der Waals surface area contributed by atoms with Crippen LogP contribution in [0.4, 0.5) is 0 Å². The molecule has 0 aliphatic carbocycles. The monoisotopic (exact) mass is 368 g/mol. The maximum absolute atomic E-state index is 13.0. The fourth-order valence-corrected chi connectivity index (χ4v) is 6.16. The number of carbonyl (C=O) groups is 1. The summed E-state index contributed by atoms with van der Waals surface area (Å²) >= 11 is 1.14. The minimum Gasteiger partial charge on any atom is -0.465 e. The van der Waals surface area contributed by atoms with E-state index in [4.69, 9.17) is 4.74 Å². The molecule has 3 rings (SSSR count). The van der Waals surface area contributed by atoms with Gasteiger partial charge in [0, 0.05) is 16.1 Å². The molecule has 0 spiro atoms. The molecule has 0 bridgehead atoms. The first-order chi connectivity index (χ1) is 11.4. The molecule has 1 aromatic heterocycles. The van der Waals surface area contributed by atoms with Gasteiger partial charge in [-0.15, -0.1) is 11.3 Å².